The first kappa shape index (κ1) is 12.9. The number of para-hydroxylation sites is 2. The molecule has 2 heterocycles. The van der Waals surface area contributed by atoms with E-state index in [-0.39, 0.29) is 18.1 Å². The number of amides is 1. The van der Waals surface area contributed by atoms with Crippen LogP contribution >= 0.6 is 0 Å². The summed E-state index contributed by atoms with van der Waals surface area (Å²) in [6, 6.07) is 7.73. The summed E-state index contributed by atoms with van der Waals surface area (Å²) in [6.45, 7) is 1.69. The van der Waals surface area contributed by atoms with Gasteiger partial charge in [-0.05, 0) is 31.5 Å². The number of nitrogens with zero attached hydrogens (tertiary/aromatic N) is 1. The summed E-state index contributed by atoms with van der Waals surface area (Å²) in [5.41, 5.74) is 1.26. The molecule has 0 bridgehead atoms. The Morgan fingerprint density at radius 3 is 3.05 bits per heavy atom. The number of hydrogen-bond acceptors (Lipinski definition) is 3. The Kier molecular flexibility index (Phi) is 3.56. The standard InChI is InChI=1S/C14H18N4O2/c19-13(16-8-10-4-3-7-15-10)9-18-12-6-2-1-5-11(12)17-14(18)20/h1-2,5-6,10,15H,3-4,7-9H2,(H,16,19)(H,17,20). The van der Waals surface area contributed by atoms with Crippen molar-refractivity contribution in [1.29, 1.82) is 0 Å². The van der Waals surface area contributed by atoms with E-state index in [9.17, 15) is 9.59 Å². The number of hydrogen-bond donors (Lipinski definition) is 3. The lowest BCUT2D eigenvalue weighted by molar-refractivity contribution is -0.121. The lowest BCUT2D eigenvalue weighted by atomic mass is 10.2. The second-order valence-corrected chi connectivity index (χ2v) is 5.13. The number of benzene rings is 1. The highest BCUT2D eigenvalue weighted by molar-refractivity contribution is 5.80. The number of carbonyl (C=O) groups is 1. The molecule has 0 saturated carbocycles. The van der Waals surface area contributed by atoms with Gasteiger partial charge in [-0.25, -0.2) is 4.79 Å². The third kappa shape index (κ3) is 2.60. The lowest BCUT2D eigenvalue weighted by Gasteiger charge is -2.11. The quantitative estimate of drug-likeness (QED) is 0.745. The zero-order valence-corrected chi connectivity index (χ0v) is 11.2. The Morgan fingerprint density at radius 2 is 2.25 bits per heavy atom. The normalized spacial score (nSPS) is 18.5. The van der Waals surface area contributed by atoms with E-state index in [4.69, 9.17) is 0 Å². The second-order valence-electron chi connectivity index (χ2n) is 5.13. The summed E-state index contributed by atoms with van der Waals surface area (Å²) >= 11 is 0. The van der Waals surface area contributed by atoms with Crippen molar-refractivity contribution in [2.24, 2.45) is 0 Å². The van der Waals surface area contributed by atoms with Gasteiger partial charge < -0.3 is 15.6 Å². The number of nitrogens with one attached hydrogen (secondary N) is 3. The van der Waals surface area contributed by atoms with E-state index in [1.54, 1.807) is 0 Å². The van der Waals surface area contributed by atoms with Crippen LogP contribution in [-0.4, -0.2) is 34.6 Å². The zero-order chi connectivity index (χ0) is 13.9. The maximum Gasteiger partial charge on any atom is 0.326 e. The predicted molar refractivity (Wildman–Crippen MR) is 76.6 cm³/mol. The van der Waals surface area contributed by atoms with Crippen LogP contribution in [-0.2, 0) is 11.3 Å². The molecule has 0 radical (unpaired) electrons. The number of aromatic amines is 1. The van der Waals surface area contributed by atoms with Crippen LogP contribution in [0, 0.1) is 0 Å². The maximum atomic E-state index is 12.0. The number of rotatable bonds is 4. The minimum atomic E-state index is -0.250. The lowest BCUT2D eigenvalue weighted by Crippen LogP contribution is -2.39. The van der Waals surface area contributed by atoms with Crippen LogP contribution in [0.5, 0.6) is 0 Å². The van der Waals surface area contributed by atoms with Gasteiger partial charge in [0.1, 0.15) is 6.54 Å². The van der Waals surface area contributed by atoms with Gasteiger partial charge in [-0.3, -0.25) is 9.36 Å². The van der Waals surface area contributed by atoms with E-state index >= 15 is 0 Å². The molecular weight excluding hydrogens is 256 g/mol. The molecule has 3 rings (SSSR count). The van der Waals surface area contributed by atoms with Crippen LogP contribution in [0.4, 0.5) is 0 Å². The SMILES string of the molecule is O=C(Cn1c(=O)[nH]c2ccccc21)NCC1CCCN1. The van der Waals surface area contributed by atoms with Crippen molar-refractivity contribution in [1.82, 2.24) is 20.2 Å². The number of carbonyl (C=O) groups excluding carboxylic acids is 1. The summed E-state index contributed by atoms with van der Waals surface area (Å²) in [5.74, 6) is -0.134. The molecule has 20 heavy (non-hydrogen) atoms. The number of H-pyrrole nitrogens is 1. The highest BCUT2D eigenvalue weighted by Gasteiger charge is 2.15. The van der Waals surface area contributed by atoms with E-state index in [2.05, 4.69) is 15.6 Å². The average Bonchev–Trinajstić information content (AvgIpc) is 3.06. The van der Waals surface area contributed by atoms with Gasteiger partial charge in [0.05, 0.1) is 11.0 Å². The Labute approximate surface area is 116 Å². The molecule has 3 N–H and O–H groups in total. The molecule has 6 heteroatoms. The minimum Gasteiger partial charge on any atom is -0.353 e. The molecule has 106 valence electrons. The molecule has 2 aromatic rings. The summed E-state index contributed by atoms with van der Waals surface area (Å²) in [7, 11) is 0. The van der Waals surface area contributed by atoms with Crippen molar-refractivity contribution in [3.63, 3.8) is 0 Å². The Hall–Kier alpha value is -2.08. The van der Waals surface area contributed by atoms with Gasteiger partial charge in [0.25, 0.3) is 0 Å². The molecule has 1 unspecified atom stereocenters. The number of fused-ring (bicyclic) bond motifs is 1. The molecule has 1 aromatic heterocycles. The summed E-state index contributed by atoms with van der Waals surface area (Å²) in [6.07, 6.45) is 2.25. The summed E-state index contributed by atoms with van der Waals surface area (Å²) in [5, 5.41) is 6.20. The van der Waals surface area contributed by atoms with Crippen molar-refractivity contribution in [2.45, 2.75) is 25.4 Å². The largest absolute Gasteiger partial charge is 0.353 e. The Morgan fingerprint density at radius 1 is 1.40 bits per heavy atom. The van der Waals surface area contributed by atoms with E-state index < -0.39 is 0 Å². The molecule has 0 spiro atoms. The minimum absolute atomic E-state index is 0.0512. The molecule has 1 aliphatic heterocycles. The van der Waals surface area contributed by atoms with E-state index in [0.717, 1.165) is 30.4 Å². The summed E-state index contributed by atoms with van der Waals surface area (Å²) < 4.78 is 1.47. The van der Waals surface area contributed by atoms with Gasteiger partial charge in [-0.15, -0.1) is 0 Å². The number of imidazole rings is 1. The zero-order valence-electron chi connectivity index (χ0n) is 11.2. The topological polar surface area (TPSA) is 78.9 Å². The summed E-state index contributed by atoms with van der Waals surface area (Å²) in [4.78, 5) is 26.5. The van der Waals surface area contributed by atoms with Gasteiger partial charge in [0.2, 0.25) is 5.91 Å². The average molecular weight is 274 g/mol. The van der Waals surface area contributed by atoms with E-state index in [1.807, 2.05) is 24.3 Å². The van der Waals surface area contributed by atoms with Crippen molar-refractivity contribution >= 4 is 16.9 Å². The Balaban J connectivity index is 1.67. The van der Waals surface area contributed by atoms with Crippen molar-refractivity contribution < 1.29 is 4.79 Å². The van der Waals surface area contributed by atoms with Crippen LogP contribution < -0.4 is 16.3 Å². The fourth-order valence-corrected chi connectivity index (χ4v) is 2.63. The first-order valence-electron chi connectivity index (χ1n) is 6.91. The molecular formula is C14H18N4O2. The fourth-order valence-electron chi connectivity index (χ4n) is 2.63. The van der Waals surface area contributed by atoms with Crippen LogP contribution in [0.15, 0.2) is 29.1 Å². The molecule has 1 aromatic carbocycles. The van der Waals surface area contributed by atoms with Crippen LogP contribution in [0.3, 0.4) is 0 Å². The monoisotopic (exact) mass is 274 g/mol. The van der Waals surface area contributed by atoms with Crippen LogP contribution in [0.25, 0.3) is 11.0 Å². The van der Waals surface area contributed by atoms with E-state index in [1.165, 1.54) is 4.57 Å². The van der Waals surface area contributed by atoms with Crippen molar-refractivity contribution in [3.05, 3.63) is 34.7 Å². The van der Waals surface area contributed by atoms with Crippen molar-refractivity contribution in [3.8, 4) is 0 Å². The van der Waals surface area contributed by atoms with Crippen molar-refractivity contribution in [2.75, 3.05) is 13.1 Å². The molecule has 1 fully saturated rings. The van der Waals surface area contributed by atoms with Gasteiger partial charge in [-0.2, -0.15) is 0 Å². The van der Waals surface area contributed by atoms with Gasteiger partial charge in [-0.1, -0.05) is 12.1 Å². The van der Waals surface area contributed by atoms with Crippen LogP contribution in [0.2, 0.25) is 0 Å². The second kappa shape index (κ2) is 5.50. The molecule has 1 aliphatic rings. The molecule has 1 saturated heterocycles. The van der Waals surface area contributed by atoms with E-state index in [0.29, 0.717) is 12.6 Å². The fraction of sp³-hybridized carbons (Fsp3) is 0.429. The molecule has 1 amide bonds. The molecule has 0 aliphatic carbocycles. The smallest absolute Gasteiger partial charge is 0.326 e. The molecule has 6 nitrogen and oxygen atoms in total. The highest BCUT2D eigenvalue weighted by atomic mass is 16.2. The maximum absolute atomic E-state index is 12.0. The third-order valence-electron chi connectivity index (χ3n) is 3.69. The predicted octanol–water partition coefficient (Wildman–Crippen LogP) is 0.198. The Bertz CT molecular complexity index is 667. The third-order valence-corrected chi connectivity index (χ3v) is 3.69. The first-order valence-corrected chi connectivity index (χ1v) is 6.91. The van der Waals surface area contributed by atoms with Gasteiger partial charge in [0, 0.05) is 12.6 Å². The number of aromatic nitrogens is 2. The van der Waals surface area contributed by atoms with Gasteiger partial charge in [0.15, 0.2) is 0 Å². The van der Waals surface area contributed by atoms with Gasteiger partial charge >= 0.3 is 5.69 Å². The highest BCUT2D eigenvalue weighted by Crippen LogP contribution is 2.08. The molecule has 1 atom stereocenters. The van der Waals surface area contributed by atoms with Crippen LogP contribution in [0.1, 0.15) is 12.8 Å². The first-order chi connectivity index (χ1) is 9.74.